The molecule has 4 aromatic rings. The van der Waals surface area contributed by atoms with Crippen LogP contribution in [0.25, 0.3) is 0 Å². The van der Waals surface area contributed by atoms with Crippen molar-refractivity contribution in [2.75, 3.05) is 10.8 Å². The van der Waals surface area contributed by atoms with Gasteiger partial charge in [-0.1, -0.05) is 109 Å². The Balaban J connectivity index is 1.57. The molecule has 5 rings (SSSR count). The maximum atomic E-state index is 14.6. The van der Waals surface area contributed by atoms with E-state index in [-0.39, 0.29) is 40.5 Å². The van der Waals surface area contributed by atoms with Crippen molar-refractivity contribution in [2.24, 2.45) is 0 Å². The van der Waals surface area contributed by atoms with E-state index in [1.165, 1.54) is 29.2 Å². The van der Waals surface area contributed by atoms with Gasteiger partial charge in [0, 0.05) is 19.0 Å². The first-order valence-corrected chi connectivity index (χ1v) is 17.7. The van der Waals surface area contributed by atoms with Gasteiger partial charge >= 0.3 is 0 Å². The van der Waals surface area contributed by atoms with E-state index in [1.54, 1.807) is 18.2 Å². The predicted molar refractivity (Wildman–Crippen MR) is 183 cm³/mol. The van der Waals surface area contributed by atoms with Crippen LogP contribution >= 0.6 is 11.6 Å². The van der Waals surface area contributed by atoms with E-state index in [2.05, 4.69) is 5.32 Å². The molecule has 0 unspecified atom stereocenters. The first-order chi connectivity index (χ1) is 22.6. The van der Waals surface area contributed by atoms with Gasteiger partial charge in [0.25, 0.3) is 10.0 Å². The number of anilines is 1. The zero-order valence-electron chi connectivity index (χ0n) is 26.3. The predicted octanol–water partition coefficient (Wildman–Crippen LogP) is 7.07. The number of aryl methyl sites for hydroxylation is 1. The highest BCUT2D eigenvalue weighted by molar-refractivity contribution is 7.92. The van der Waals surface area contributed by atoms with Crippen LogP contribution in [0.2, 0.25) is 5.02 Å². The lowest BCUT2D eigenvalue weighted by molar-refractivity contribution is -0.140. The maximum absolute atomic E-state index is 14.6. The molecule has 0 radical (unpaired) electrons. The SMILES string of the molecule is Cc1cccc(CN(C(=O)CN(c2ccc(F)c(Cl)c2)S(=O)(=O)c2ccccc2)[C@H](Cc2ccccc2)C(=O)NC2CCCCC2)c1. The van der Waals surface area contributed by atoms with Crippen molar-refractivity contribution < 1.29 is 22.4 Å². The Hall–Kier alpha value is -4.21. The van der Waals surface area contributed by atoms with Gasteiger partial charge in [0.05, 0.1) is 15.6 Å². The van der Waals surface area contributed by atoms with Crippen molar-refractivity contribution in [3.8, 4) is 0 Å². The molecule has 1 fully saturated rings. The van der Waals surface area contributed by atoms with Crippen LogP contribution in [0.4, 0.5) is 10.1 Å². The van der Waals surface area contributed by atoms with E-state index in [1.807, 2.05) is 61.5 Å². The lowest BCUT2D eigenvalue weighted by atomic mass is 9.94. The summed E-state index contributed by atoms with van der Waals surface area (Å²) in [5.41, 5.74) is 2.66. The summed E-state index contributed by atoms with van der Waals surface area (Å²) >= 11 is 6.11. The van der Waals surface area contributed by atoms with Gasteiger partial charge in [-0.2, -0.15) is 0 Å². The number of nitrogens with one attached hydrogen (secondary N) is 1. The summed E-state index contributed by atoms with van der Waals surface area (Å²) in [5.74, 6) is -1.60. The Labute approximate surface area is 281 Å². The smallest absolute Gasteiger partial charge is 0.264 e. The van der Waals surface area contributed by atoms with Crippen molar-refractivity contribution in [2.45, 2.75) is 69.0 Å². The molecule has 10 heteroatoms. The molecule has 0 heterocycles. The standard InChI is InChI=1S/C37H39ClFN3O4S/c1-27-12-11-15-29(22-27)25-41(35(23-28-13-5-2-6-14-28)37(44)40-30-16-7-3-8-17-30)36(43)26-42(31-20-21-34(39)33(38)24-31)47(45,46)32-18-9-4-10-19-32/h2,4-6,9-15,18-22,24,30,35H,3,7-8,16-17,23,25-26H2,1H3,(H,40,44)/t35-/m1/s1. The fourth-order valence-corrected chi connectivity index (χ4v) is 7.60. The molecule has 1 aliphatic carbocycles. The molecule has 1 saturated carbocycles. The zero-order valence-corrected chi connectivity index (χ0v) is 27.9. The van der Waals surface area contributed by atoms with Crippen LogP contribution in [0.15, 0.2) is 108 Å². The molecule has 0 spiro atoms. The molecule has 1 N–H and O–H groups in total. The summed E-state index contributed by atoms with van der Waals surface area (Å²) in [6.45, 7) is 1.37. The van der Waals surface area contributed by atoms with Gasteiger partial charge in [0.2, 0.25) is 11.8 Å². The van der Waals surface area contributed by atoms with E-state index in [9.17, 15) is 22.4 Å². The summed E-state index contributed by atoms with van der Waals surface area (Å²) in [5, 5.41) is 2.92. The van der Waals surface area contributed by atoms with Gasteiger partial charge < -0.3 is 10.2 Å². The minimum atomic E-state index is -4.32. The number of benzene rings is 4. The van der Waals surface area contributed by atoms with Crippen LogP contribution in [0.5, 0.6) is 0 Å². The summed E-state index contributed by atoms with van der Waals surface area (Å²) in [4.78, 5) is 30.2. The second-order valence-electron chi connectivity index (χ2n) is 12.0. The number of nitrogens with zero attached hydrogens (tertiary/aromatic N) is 2. The highest BCUT2D eigenvalue weighted by Gasteiger charge is 2.35. The van der Waals surface area contributed by atoms with Crippen LogP contribution in [-0.2, 0) is 32.6 Å². The molecule has 246 valence electrons. The summed E-state index contributed by atoms with van der Waals surface area (Å²) < 4.78 is 43.3. The monoisotopic (exact) mass is 675 g/mol. The largest absolute Gasteiger partial charge is 0.352 e. The second kappa shape index (κ2) is 15.6. The van der Waals surface area contributed by atoms with Crippen LogP contribution in [0.3, 0.4) is 0 Å². The molecule has 2 amide bonds. The fourth-order valence-electron chi connectivity index (χ4n) is 5.99. The van der Waals surface area contributed by atoms with E-state index in [0.29, 0.717) is 0 Å². The van der Waals surface area contributed by atoms with Crippen molar-refractivity contribution in [3.63, 3.8) is 0 Å². The number of halogens is 2. The average molecular weight is 676 g/mol. The first-order valence-electron chi connectivity index (χ1n) is 15.8. The summed E-state index contributed by atoms with van der Waals surface area (Å²) in [7, 11) is -4.32. The van der Waals surface area contributed by atoms with Gasteiger partial charge in [-0.05, 0) is 61.2 Å². The normalized spacial score (nSPS) is 14.3. The molecule has 47 heavy (non-hydrogen) atoms. The van der Waals surface area contributed by atoms with Crippen molar-refractivity contribution >= 4 is 39.1 Å². The molecule has 0 saturated heterocycles. The highest BCUT2D eigenvalue weighted by Crippen LogP contribution is 2.29. The van der Waals surface area contributed by atoms with Crippen LogP contribution in [0, 0.1) is 12.7 Å². The fraction of sp³-hybridized carbons (Fsp3) is 0.297. The second-order valence-corrected chi connectivity index (χ2v) is 14.3. The van der Waals surface area contributed by atoms with Crippen LogP contribution in [-0.4, -0.2) is 43.8 Å². The molecule has 0 bridgehead atoms. The van der Waals surface area contributed by atoms with E-state index < -0.39 is 34.3 Å². The van der Waals surface area contributed by atoms with E-state index >= 15 is 0 Å². The molecule has 1 atom stereocenters. The number of amides is 2. The number of carbonyl (C=O) groups excluding carboxylic acids is 2. The number of sulfonamides is 1. The van der Waals surface area contributed by atoms with Crippen molar-refractivity contribution in [1.29, 1.82) is 0 Å². The lowest BCUT2D eigenvalue weighted by Crippen LogP contribution is -2.55. The summed E-state index contributed by atoms with van der Waals surface area (Å²) in [6.07, 6.45) is 5.12. The molecule has 0 aliphatic heterocycles. The van der Waals surface area contributed by atoms with Gasteiger partial charge in [-0.3, -0.25) is 13.9 Å². The van der Waals surface area contributed by atoms with E-state index in [4.69, 9.17) is 11.6 Å². The molecule has 4 aromatic carbocycles. The van der Waals surface area contributed by atoms with Crippen LogP contribution in [0.1, 0.15) is 48.8 Å². The third-order valence-corrected chi connectivity index (χ3v) is 10.5. The third-order valence-electron chi connectivity index (χ3n) is 8.46. The molecule has 0 aromatic heterocycles. The Kier molecular flexibility index (Phi) is 11.3. The lowest BCUT2D eigenvalue weighted by Gasteiger charge is -2.35. The Bertz CT molecular complexity index is 1780. The van der Waals surface area contributed by atoms with Crippen molar-refractivity contribution in [1.82, 2.24) is 10.2 Å². The minimum Gasteiger partial charge on any atom is -0.352 e. The number of carbonyl (C=O) groups is 2. The van der Waals surface area contributed by atoms with Gasteiger partial charge in [-0.15, -0.1) is 0 Å². The Morgan fingerprint density at radius 3 is 2.19 bits per heavy atom. The number of hydrogen-bond acceptors (Lipinski definition) is 4. The third kappa shape index (κ3) is 8.78. The minimum absolute atomic E-state index is 0.00163. The molecule has 1 aliphatic rings. The number of rotatable bonds is 12. The molecular formula is C37H39ClFN3O4S. The maximum Gasteiger partial charge on any atom is 0.264 e. The van der Waals surface area contributed by atoms with Gasteiger partial charge in [-0.25, -0.2) is 12.8 Å². The first kappa shape index (κ1) is 34.1. The molecular weight excluding hydrogens is 637 g/mol. The quantitative estimate of drug-likeness (QED) is 0.174. The molecule has 7 nitrogen and oxygen atoms in total. The zero-order chi connectivity index (χ0) is 33.4. The Morgan fingerprint density at radius 1 is 0.872 bits per heavy atom. The highest BCUT2D eigenvalue weighted by atomic mass is 35.5. The Morgan fingerprint density at radius 2 is 1.53 bits per heavy atom. The average Bonchev–Trinajstić information content (AvgIpc) is 3.07. The number of hydrogen-bond donors (Lipinski definition) is 1. The summed E-state index contributed by atoms with van der Waals surface area (Å²) in [6, 6.07) is 27.4. The van der Waals surface area contributed by atoms with E-state index in [0.717, 1.165) is 59.2 Å². The van der Waals surface area contributed by atoms with Gasteiger partial charge in [0.1, 0.15) is 18.4 Å². The van der Waals surface area contributed by atoms with Gasteiger partial charge in [0.15, 0.2) is 0 Å². The van der Waals surface area contributed by atoms with Crippen molar-refractivity contribution in [3.05, 3.63) is 131 Å². The topological polar surface area (TPSA) is 86.8 Å². The van der Waals surface area contributed by atoms with Crippen LogP contribution < -0.4 is 9.62 Å².